The molecule has 0 fully saturated rings. The second kappa shape index (κ2) is 4.99. The maximum absolute atomic E-state index is 12.9. The number of ketones is 1. The average Bonchev–Trinajstić information content (AvgIpc) is 3.00. The first-order valence-electron chi connectivity index (χ1n) is 7.50. The van der Waals surface area contributed by atoms with Crippen LogP contribution in [0.5, 0.6) is 5.75 Å². The molecule has 0 heterocycles. The van der Waals surface area contributed by atoms with E-state index in [4.69, 9.17) is 4.74 Å². The van der Waals surface area contributed by atoms with E-state index in [0.29, 0.717) is 5.56 Å². The zero-order chi connectivity index (χ0) is 15.1. The van der Waals surface area contributed by atoms with Crippen molar-refractivity contribution in [3.05, 3.63) is 76.9 Å². The van der Waals surface area contributed by atoms with Gasteiger partial charge in [-0.3, -0.25) is 4.79 Å². The lowest BCUT2D eigenvalue weighted by Gasteiger charge is -2.09. The molecule has 4 rings (SSSR count). The highest BCUT2D eigenvalue weighted by atomic mass is 16.5. The fraction of sp³-hybridized carbons (Fsp3) is 0.150. The van der Waals surface area contributed by atoms with Crippen molar-refractivity contribution in [2.75, 3.05) is 7.11 Å². The molecular formula is C20H16O2. The van der Waals surface area contributed by atoms with E-state index in [2.05, 4.69) is 24.3 Å². The van der Waals surface area contributed by atoms with E-state index in [-0.39, 0.29) is 5.78 Å². The Balaban J connectivity index is 1.85. The van der Waals surface area contributed by atoms with Crippen LogP contribution in [-0.4, -0.2) is 12.9 Å². The summed E-state index contributed by atoms with van der Waals surface area (Å²) in [5, 5.41) is 2.36. The maximum Gasteiger partial charge on any atom is 0.193 e. The molecule has 0 radical (unpaired) electrons. The van der Waals surface area contributed by atoms with Crippen molar-refractivity contribution in [2.24, 2.45) is 0 Å². The smallest absolute Gasteiger partial charge is 0.193 e. The van der Waals surface area contributed by atoms with Gasteiger partial charge in [-0.25, -0.2) is 0 Å². The van der Waals surface area contributed by atoms with Crippen molar-refractivity contribution < 1.29 is 9.53 Å². The van der Waals surface area contributed by atoms with E-state index < -0.39 is 0 Å². The summed E-state index contributed by atoms with van der Waals surface area (Å²) < 4.78 is 5.15. The molecule has 0 N–H and O–H groups in total. The molecular weight excluding hydrogens is 272 g/mol. The summed E-state index contributed by atoms with van der Waals surface area (Å²) in [6.07, 6.45) is 2.15. The molecule has 0 spiro atoms. The van der Waals surface area contributed by atoms with Gasteiger partial charge in [0.2, 0.25) is 0 Å². The Morgan fingerprint density at radius 3 is 2.36 bits per heavy atom. The Hall–Kier alpha value is -2.61. The summed E-state index contributed by atoms with van der Waals surface area (Å²) in [6, 6.07) is 17.7. The molecule has 0 aliphatic heterocycles. The highest BCUT2D eigenvalue weighted by Crippen LogP contribution is 2.33. The quantitative estimate of drug-likeness (QED) is 0.676. The number of methoxy groups -OCH3 is 1. The SMILES string of the molecule is COc1ccc(C(=O)c2ccc3c4c(cccc24)CC3)cc1. The average molecular weight is 288 g/mol. The molecule has 22 heavy (non-hydrogen) atoms. The molecule has 0 unspecified atom stereocenters. The van der Waals surface area contributed by atoms with Gasteiger partial charge in [0.25, 0.3) is 0 Å². The van der Waals surface area contributed by atoms with E-state index in [1.54, 1.807) is 7.11 Å². The van der Waals surface area contributed by atoms with Crippen molar-refractivity contribution in [3.63, 3.8) is 0 Å². The van der Waals surface area contributed by atoms with Gasteiger partial charge in [0.1, 0.15) is 5.75 Å². The Labute approximate surface area is 129 Å². The zero-order valence-corrected chi connectivity index (χ0v) is 12.4. The molecule has 0 saturated carbocycles. The van der Waals surface area contributed by atoms with Crippen LogP contribution >= 0.6 is 0 Å². The molecule has 3 aromatic rings. The zero-order valence-electron chi connectivity index (χ0n) is 12.4. The molecule has 0 amide bonds. The standard InChI is InChI=1S/C20H16O2/c1-22-16-10-7-15(8-11-16)20(21)18-12-9-14-6-5-13-3-2-4-17(18)19(13)14/h2-4,7-12H,5-6H2,1H3. The fourth-order valence-corrected chi connectivity index (χ4v) is 3.34. The van der Waals surface area contributed by atoms with Crippen molar-refractivity contribution in [1.82, 2.24) is 0 Å². The monoisotopic (exact) mass is 288 g/mol. The lowest BCUT2D eigenvalue weighted by atomic mass is 9.94. The molecule has 3 aromatic carbocycles. The summed E-state index contributed by atoms with van der Waals surface area (Å²) >= 11 is 0. The Bertz CT molecular complexity index is 866. The molecule has 0 saturated heterocycles. The summed E-state index contributed by atoms with van der Waals surface area (Å²) in [6.45, 7) is 0. The van der Waals surface area contributed by atoms with Crippen LogP contribution in [0.1, 0.15) is 27.0 Å². The predicted molar refractivity (Wildman–Crippen MR) is 87.8 cm³/mol. The number of carbonyl (C=O) groups excluding carboxylic acids is 1. The van der Waals surface area contributed by atoms with Gasteiger partial charge in [0, 0.05) is 11.1 Å². The van der Waals surface area contributed by atoms with Crippen molar-refractivity contribution >= 4 is 16.6 Å². The first-order valence-corrected chi connectivity index (χ1v) is 7.50. The maximum atomic E-state index is 12.9. The summed E-state index contributed by atoms with van der Waals surface area (Å²) in [5.74, 6) is 0.829. The van der Waals surface area contributed by atoms with Crippen LogP contribution in [0.3, 0.4) is 0 Å². The third-order valence-corrected chi connectivity index (χ3v) is 4.47. The number of carbonyl (C=O) groups is 1. The van der Waals surface area contributed by atoms with Crippen molar-refractivity contribution in [1.29, 1.82) is 0 Å². The first kappa shape index (κ1) is 13.1. The highest BCUT2D eigenvalue weighted by molar-refractivity contribution is 6.17. The summed E-state index contributed by atoms with van der Waals surface area (Å²) in [5.41, 5.74) is 4.20. The number of hydrogen-bond donors (Lipinski definition) is 0. The van der Waals surface area contributed by atoms with Gasteiger partial charge in [-0.05, 0) is 59.0 Å². The van der Waals surface area contributed by atoms with Gasteiger partial charge in [-0.1, -0.05) is 30.3 Å². The topological polar surface area (TPSA) is 26.3 Å². The Morgan fingerprint density at radius 1 is 0.909 bits per heavy atom. The molecule has 1 aliphatic carbocycles. The first-order chi connectivity index (χ1) is 10.8. The molecule has 2 heteroatoms. The number of ether oxygens (including phenoxy) is 1. The predicted octanol–water partition coefficient (Wildman–Crippen LogP) is 4.18. The van der Waals surface area contributed by atoms with E-state index >= 15 is 0 Å². The van der Waals surface area contributed by atoms with Crippen LogP contribution in [0.2, 0.25) is 0 Å². The van der Waals surface area contributed by atoms with E-state index in [1.165, 1.54) is 16.5 Å². The van der Waals surface area contributed by atoms with Crippen LogP contribution in [-0.2, 0) is 12.8 Å². The second-order valence-corrected chi connectivity index (χ2v) is 5.67. The lowest BCUT2D eigenvalue weighted by Crippen LogP contribution is -2.02. The summed E-state index contributed by atoms with van der Waals surface area (Å²) in [4.78, 5) is 12.9. The van der Waals surface area contributed by atoms with Crippen LogP contribution in [0, 0.1) is 0 Å². The van der Waals surface area contributed by atoms with E-state index in [1.807, 2.05) is 30.3 Å². The fourth-order valence-electron chi connectivity index (χ4n) is 3.34. The van der Waals surface area contributed by atoms with Gasteiger partial charge >= 0.3 is 0 Å². The van der Waals surface area contributed by atoms with Gasteiger partial charge in [0.05, 0.1) is 7.11 Å². The number of aryl methyl sites for hydroxylation is 2. The molecule has 0 aromatic heterocycles. The molecule has 0 bridgehead atoms. The Morgan fingerprint density at radius 2 is 1.64 bits per heavy atom. The largest absolute Gasteiger partial charge is 0.497 e. The van der Waals surface area contributed by atoms with Crippen LogP contribution in [0.4, 0.5) is 0 Å². The van der Waals surface area contributed by atoms with Gasteiger partial charge < -0.3 is 4.74 Å². The van der Waals surface area contributed by atoms with Gasteiger partial charge in [-0.2, -0.15) is 0 Å². The highest BCUT2D eigenvalue weighted by Gasteiger charge is 2.19. The van der Waals surface area contributed by atoms with Crippen LogP contribution < -0.4 is 4.74 Å². The molecule has 108 valence electrons. The lowest BCUT2D eigenvalue weighted by molar-refractivity contribution is 0.104. The third-order valence-electron chi connectivity index (χ3n) is 4.47. The third kappa shape index (κ3) is 1.92. The van der Waals surface area contributed by atoms with Crippen LogP contribution in [0.15, 0.2) is 54.6 Å². The number of rotatable bonds is 3. The normalized spacial score (nSPS) is 12.6. The minimum absolute atomic E-state index is 0.0678. The minimum atomic E-state index is 0.0678. The minimum Gasteiger partial charge on any atom is -0.497 e. The van der Waals surface area contributed by atoms with Gasteiger partial charge in [0.15, 0.2) is 5.78 Å². The number of benzene rings is 3. The van der Waals surface area contributed by atoms with Gasteiger partial charge in [-0.15, -0.1) is 0 Å². The molecule has 1 aliphatic rings. The molecule has 0 atom stereocenters. The van der Waals surface area contributed by atoms with E-state index in [0.717, 1.165) is 29.5 Å². The van der Waals surface area contributed by atoms with Crippen molar-refractivity contribution in [2.45, 2.75) is 12.8 Å². The van der Waals surface area contributed by atoms with E-state index in [9.17, 15) is 4.79 Å². The van der Waals surface area contributed by atoms with Crippen LogP contribution in [0.25, 0.3) is 10.8 Å². The second-order valence-electron chi connectivity index (χ2n) is 5.67. The molecule has 2 nitrogen and oxygen atoms in total. The summed E-state index contributed by atoms with van der Waals surface area (Å²) in [7, 11) is 1.63. The van der Waals surface area contributed by atoms with Crippen molar-refractivity contribution in [3.8, 4) is 5.75 Å². The Kier molecular flexibility index (Phi) is 2.97. The number of hydrogen-bond acceptors (Lipinski definition) is 2.